The van der Waals surface area contributed by atoms with Crippen LogP contribution in [-0.4, -0.2) is 24.2 Å². The number of aromatic amines is 1. The topological polar surface area (TPSA) is 88.0 Å². The van der Waals surface area contributed by atoms with Crippen LogP contribution in [0.15, 0.2) is 53.6 Å². The van der Waals surface area contributed by atoms with Crippen molar-refractivity contribution in [2.45, 2.75) is 0 Å². The molecule has 0 aliphatic rings. The van der Waals surface area contributed by atoms with Gasteiger partial charge in [0.15, 0.2) is 11.5 Å². The smallest absolute Gasteiger partial charge is 0.266 e. The Balaban J connectivity index is 2.21. The van der Waals surface area contributed by atoms with Gasteiger partial charge in [-0.25, -0.2) is 0 Å². The summed E-state index contributed by atoms with van der Waals surface area (Å²) in [4.78, 5) is 19.2. The number of rotatable bonds is 4. The van der Waals surface area contributed by atoms with Crippen LogP contribution in [0.1, 0.15) is 5.56 Å². The van der Waals surface area contributed by atoms with Gasteiger partial charge < -0.3 is 14.5 Å². The van der Waals surface area contributed by atoms with Gasteiger partial charge in [0, 0.05) is 34.8 Å². The van der Waals surface area contributed by atoms with Crippen molar-refractivity contribution in [3.63, 3.8) is 0 Å². The molecule has 2 aromatic heterocycles. The third-order valence-electron chi connectivity index (χ3n) is 3.81. The number of nitrogens with one attached hydrogen (secondary N) is 1. The number of pyridine rings is 2. The van der Waals surface area contributed by atoms with Crippen LogP contribution in [0.3, 0.4) is 0 Å². The first-order valence-corrected chi connectivity index (χ1v) is 7.48. The van der Waals surface area contributed by atoms with Gasteiger partial charge in [0.25, 0.3) is 5.56 Å². The molecule has 6 heteroatoms. The number of hydrogen-bond donors (Lipinski definition) is 1. The molecular weight excluding hydrogens is 318 g/mol. The average molecular weight is 333 g/mol. The van der Waals surface area contributed by atoms with Crippen molar-refractivity contribution in [1.29, 1.82) is 5.26 Å². The Labute approximate surface area is 144 Å². The molecule has 0 fully saturated rings. The van der Waals surface area contributed by atoms with Gasteiger partial charge in [0.05, 0.1) is 14.2 Å². The fourth-order valence-electron chi connectivity index (χ4n) is 2.58. The van der Waals surface area contributed by atoms with Crippen molar-refractivity contribution in [3.8, 4) is 40.0 Å². The lowest BCUT2D eigenvalue weighted by molar-refractivity contribution is 0.355. The van der Waals surface area contributed by atoms with E-state index in [0.717, 1.165) is 5.56 Å². The van der Waals surface area contributed by atoms with Crippen LogP contribution in [0, 0.1) is 11.3 Å². The fourth-order valence-corrected chi connectivity index (χ4v) is 2.58. The molecule has 1 N–H and O–H groups in total. The summed E-state index contributed by atoms with van der Waals surface area (Å²) in [7, 11) is 3.10. The van der Waals surface area contributed by atoms with Crippen molar-refractivity contribution in [1.82, 2.24) is 9.97 Å². The average Bonchev–Trinajstić information content (AvgIpc) is 2.67. The Morgan fingerprint density at radius 1 is 1.08 bits per heavy atom. The van der Waals surface area contributed by atoms with Gasteiger partial charge in [-0.2, -0.15) is 5.26 Å². The molecule has 0 aliphatic heterocycles. The third-order valence-corrected chi connectivity index (χ3v) is 3.81. The molecule has 2 heterocycles. The first-order valence-electron chi connectivity index (χ1n) is 7.48. The third kappa shape index (κ3) is 3.08. The summed E-state index contributed by atoms with van der Waals surface area (Å²) >= 11 is 0. The van der Waals surface area contributed by atoms with Crippen molar-refractivity contribution < 1.29 is 9.47 Å². The number of benzene rings is 1. The Kier molecular flexibility index (Phi) is 4.48. The minimum absolute atomic E-state index is 0.0530. The summed E-state index contributed by atoms with van der Waals surface area (Å²) in [6, 6.07) is 12.6. The zero-order valence-corrected chi connectivity index (χ0v) is 13.7. The van der Waals surface area contributed by atoms with Gasteiger partial charge in [-0.05, 0) is 30.3 Å². The quantitative estimate of drug-likeness (QED) is 0.793. The Bertz CT molecular complexity index is 1000. The van der Waals surface area contributed by atoms with E-state index in [1.807, 2.05) is 12.1 Å². The lowest BCUT2D eigenvalue weighted by atomic mass is 10.0. The Morgan fingerprint density at radius 3 is 2.52 bits per heavy atom. The molecule has 6 nitrogen and oxygen atoms in total. The molecule has 3 rings (SSSR count). The van der Waals surface area contributed by atoms with Crippen molar-refractivity contribution in [3.05, 3.63) is 64.7 Å². The van der Waals surface area contributed by atoms with Gasteiger partial charge in [-0.3, -0.25) is 9.78 Å². The summed E-state index contributed by atoms with van der Waals surface area (Å²) in [6.07, 6.45) is 3.26. The number of nitrogens with zero attached hydrogens (tertiary/aromatic N) is 2. The molecule has 0 atom stereocenters. The predicted octanol–water partition coefficient (Wildman–Crippen LogP) is 2.99. The van der Waals surface area contributed by atoms with E-state index in [0.29, 0.717) is 28.3 Å². The highest BCUT2D eigenvalue weighted by Gasteiger charge is 2.14. The number of ether oxygens (including phenoxy) is 2. The molecule has 1 aromatic carbocycles. The van der Waals surface area contributed by atoms with E-state index < -0.39 is 5.56 Å². The van der Waals surface area contributed by atoms with E-state index in [2.05, 4.69) is 9.97 Å². The van der Waals surface area contributed by atoms with Gasteiger partial charge in [-0.1, -0.05) is 6.07 Å². The Hall–Kier alpha value is -3.59. The van der Waals surface area contributed by atoms with Crippen LogP contribution in [0.4, 0.5) is 0 Å². The standard InChI is InChI=1S/C19H15N3O3/c1-24-17-6-5-12(8-18(17)25-2)16-9-14(13-4-3-7-21-11-13)15(10-20)19(23)22-16/h3-9,11H,1-2H3,(H,22,23). The number of methoxy groups -OCH3 is 2. The fraction of sp³-hybridized carbons (Fsp3) is 0.105. The van der Waals surface area contributed by atoms with Gasteiger partial charge >= 0.3 is 0 Å². The zero-order chi connectivity index (χ0) is 17.8. The minimum Gasteiger partial charge on any atom is -0.493 e. The maximum atomic E-state index is 12.4. The summed E-state index contributed by atoms with van der Waals surface area (Å²) < 4.78 is 10.5. The molecule has 0 radical (unpaired) electrons. The summed E-state index contributed by atoms with van der Waals surface area (Å²) in [5.41, 5.74) is 2.15. The molecule has 25 heavy (non-hydrogen) atoms. The van der Waals surface area contributed by atoms with Crippen LogP contribution in [0.5, 0.6) is 11.5 Å². The monoisotopic (exact) mass is 333 g/mol. The van der Waals surface area contributed by atoms with E-state index in [-0.39, 0.29) is 5.56 Å². The highest BCUT2D eigenvalue weighted by Crippen LogP contribution is 2.32. The second-order valence-corrected chi connectivity index (χ2v) is 5.22. The second kappa shape index (κ2) is 6.89. The van der Waals surface area contributed by atoms with Crippen LogP contribution >= 0.6 is 0 Å². The van der Waals surface area contributed by atoms with Crippen molar-refractivity contribution in [2.75, 3.05) is 14.2 Å². The van der Waals surface area contributed by atoms with E-state index in [4.69, 9.17) is 9.47 Å². The van der Waals surface area contributed by atoms with Crippen LogP contribution in [0.25, 0.3) is 22.4 Å². The van der Waals surface area contributed by atoms with Gasteiger partial charge in [0.1, 0.15) is 11.6 Å². The molecule has 0 spiro atoms. The highest BCUT2D eigenvalue weighted by molar-refractivity contribution is 5.75. The molecule has 0 amide bonds. The van der Waals surface area contributed by atoms with E-state index in [9.17, 15) is 10.1 Å². The number of aromatic nitrogens is 2. The van der Waals surface area contributed by atoms with E-state index >= 15 is 0 Å². The maximum absolute atomic E-state index is 12.4. The number of H-pyrrole nitrogens is 1. The van der Waals surface area contributed by atoms with Crippen LogP contribution in [-0.2, 0) is 0 Å². The van der Waals surface area contributed by atoms with Crippen molar-refractivity contribution in [2.24, 2.45) is 0 Å². The lowest BCUT2D eigenvalue weighted by Crippen LogP contribution is -2.12. The van der Waals surface area contributed by atoms with E-state index in [1.54, 1.807) is 56.9 Å². The molecule has 0 aliphatic carbocycles. The van der Waals surface area contributed by atoms with Gasteiger partial charge in [0.2, 0.25) is 0 Å². The molecule has 0 unspecified atom stereocenters. The van der Waals surface area contributed by atoms with Crippen LogP contribution in [0.2, 0.25) is 0 Å². The summed E-state index contributed by atoms with van der Waals surface area (Å²) in [6.45, 7) is 0. The summed E-state index contributed by atoms with van der Waals surface area (Å²) in [5.74, 6) is 1.14. The molecule has 0 bridgehead atoms. The first-order chi connectivity index (χ1) is 12.2. The molecule has 124 valence electrons. The lowest BCUT2D eigenvalue weighted by Gasteiger charge is -2.11. The second-order valence-electron chi connectivity index (χ2n) is 5.22. The summed E-state index contributed by atoms with van der Waals surface area (Å²) in [5, 5.41) is 9.35. The largest absolute Gasteiger partial charge is 0.493 e. The SMILES string of the molecule is COc1ccc(-c2cc(-c3cccnc3)c(C#N)c(=O)[nH]2)cc1OC. The van der Waals surface area contributed by atoms with E-state index in [1.165, 1.54) is 0 Å². The normalized spacial score (nSPS) is 10.1. The molecule has 3 aromatic rings. The highest BCUT2D eigenvalue weighted by atomic mass is 16.5. The van der Waals surface area contributed by atoms with Crippen molar-refractivity contribution >= 4 is 0 Å². The number of hydrogen-bond acceptors (Lipinski definition) is 5. The predicted molar refractivity (Wildman–Crippen MR) is 93.5 cm³/mol. The van der Waals surface area contributed by atoms with Gasteiger partial charge in [-0.15, -0.1) is 0 Å². The first kappa shape index (κ1) is 16.3. The number of nitriles is 1. The molecular formula is C19H15N3O3. The Morgan fingerprint density at radius 2 is 1.88 bits per heavy atom. The zero-order valence-electron chi connectivity index (χ0n) is 13.7. The minimum atomic E-state index is -0.450. The maximum Gasteiger partial charge on any atom is 0.266 e. The van der Waals surface area contributed by atoms with Crippen LogP contribution < -0.4 is 15.0 Å². The molecule has 0 saturated heterocycles. The molecule has 0 saturated carbocycles.